The maximum absolute atomic E-state index is 12.6. The first-order chi connectivity index (χ1) is 12.4. The lowest BCUT2D eigenvalue weighted by molar-refractivity contribution is -0.121. The first-order valence-corrected chi connectivity index (χ1v) is 9.85. The summed E-state index contributed by atoms with van der Waals surface area (Å²) >= 11 is 0. The maximum Gasteiger partial charge on any atom is 0.243 e. The molecule has 1 amide bonds. The van der Waals surface area contributed by atoms with Gasteiger partial charge in [-0.2, -0.15) is 4.31 Å². The molecule has 1 fully saturated rings. The Kier molecular flexibility index (Phi) is 5.40. The smallest absolute Gasteiger partial charge is 0.243 e. The van der Waals surface area contributed by atoms with E-state index in [2.05, 4.69) is 10.5 Å². The minimum absolute atomic E-state index is 0.208. The zero-order chi connectivity index (χ0) is 18.7. The molecule has 2 heterocycles. The van der Waals surface area contributed by atoms with Crippen LogP contribution in [0.4, 0.5) is 5.88 Å². The van der Waals surface area contributed by atoms with Gasteiger partial charge in [-0.25, -0.2) is 8.42 Å². The summed E-state index contributed by atoms with van der Waals surface area (Å²) < 4.78 is 31.8. The molecule has 3 rings (SSSR count). The highest BCUT2D eigenvalue weighted by Gasteiger charge is 2.31. The van der Waals surface area contributed by atoms with Gasteiger partial charge in [-0.05, 0) is 26.0 Å². The van der Waals surface area contributed by atoms with E-state index in [1.54, 1.807) is 50.2 Å². The monoisotopic (exact) mass is 378 g/mol. The number of nitrogens with one attached hydrogen (secondary N) is 1. The highest BCUT2D eigenvalue weighted by atomic mass is 32.2. The summed E-state index contributed by atoms with van der Waals surface area (Å²) in [6.07, 6.45) is 0. The molecule has 1 unspecified atom stereocenters. The molecular weight excluding hydrogens is 356 g/mol. The average Bonchev–Trinajstić information content (AvgIpc) is 3.06. The van der Waals surface area contributed by atoms with Crippen LogP contribution >= 0.6 is 0 Å². The fourth-order valence-corrected chi connectivity index (χ4v) is 4.33. The van der Waals surface area contributed by atoms with Crippen LogP contribution in [0, 0.1) is 6.92 Å². The van der Waals surface area contributed by atoms with Gasteiger partial charge in [-0.1, -0.05) is 23.4 Å². The van der Waals surface area contributed by atoms with Crippen molar-refractivity contribution in [1.82, 2.24) is 14.4 Å². The molecule has 0 bridgehead atoms. The Bertz CT molecular complexity index is 858. The molecule has 1 N–H and O–H groups in total. The fourth-order valence-electron chi connectivity index (χ4n) is 2.89. The molecule has 0 radical (unpaired) electrons. The molecule has 8 nitrogen and oxygen atoms in total. The van der Waals surface area contributed by atoms with Crippen LogP contribution in [-0.4, -0.2) is 60.9 Å². The molecule has 0 aliphatic carbocycles. The third-order valence-electron chi connectivity index (χ3n) is 4.46. The van der Waals surface area contributed by atoms with Crippen LogP contribution in [0.15, 0.2) is 45.8 Å². The summed E-state index contributed by atoms with van der Waals surface area (Å²) in [5.41, 5.74) is 0.688. The summed E-state index contributed by atoms with van der Waals surface area (Å²) in [7, 11) is -3.49. The number of aromatic nitrogens is 1. The normalized spacial score (nSPS) is 17.8. The third-order valence-corrected chi connectivity index (χ3v) is 6.37. The summed E-state index contributed by atoms with van der Waals surface area (Å²) in [5.74, 6) is 0.102. The maximum atomic E-state index is 12.6. The SMILES string of the molecule is Cc1cc(NC(=O)C(C)N2CCN(S(=O)(=O)c3ccccc3)CC2)on1. The largest absolute Gasteiger partial charge is 0.338 e. The molecule has 140 valence electrons. The number of piperazine rings is 1. The number of benzene rings is 1. The van der Waals surface area contributed by atoms with Gasteiger partial charge < -0.3 is 4.52 Å². The molecule has 0 saturated carbocycles. The lowest BCUT2D eigenvalue weighted by Gasteiger charge is -2.36. The molecule has 1 atom stereocenters. The van der Waals surface area contributed by atoms with Crippen molar-refractivity contribution in [2.75, 3.05) is 31.5 Å². The lowest BCUT2D eigenvalue weighted by Crippen LogP contribution is -2.53. The zero-order valence-corrected chi connectivity index (χ0v) is 15.6. The van der Waals surface area contributed by atoms with Gasteiger partial charge in [0.1, 0.15) is 0 Å². The second-order valence-electron chi connectivity index (χ2n) is 6.25. The summed E-state index contributed by atoms with van der Waals surface area (Å²) in [5, 5.41) is 6.42. The number of rotatable bonds is 5. The molecule has 1 aliphatic rings. The van der Waals surface area contributed by atoms with Crippen molar-refractivity contribution < 1.29 is 17.7 Å². The van der Waals surface area contributed by atoms with Crippen LogP contribution in [0.3, 0.4) is 0 Å². The number of aryl methyl sites for hydroxylation is 1. The Hall–Kier alpha value is -2.23. The highest BCUT2D eigenvalue weighted by Crippen LogP contribution is 2.18. The van der Waals surface area contributed by atoms with Crippen LogP contribution in [-0.2, 0) is 14.8 Å². The van der Waals surface area contributed by atoms with Crippen molar-refractivity contribution in [3.8, 4) is 0 Å². The minimum Gasteiger partial charge on any atom is -0.338 e. The predicted octanol–water partition coefficient (Wildman–Crippen LogP) is 1.32. The molecular formula is C17H22N4O4S. The van der Waals surface area contributed by atoms with Crippen molar-refractivity contribution in [2.45, 2.75) is 24.8 Å². The number of carbonyl (C=O) groups is 1. The van der Waals surface area contributed by atoms with Crippen LogP contribution in [0.25, 0.3) is 0 Å². The van der Waals surface area contributed by atoms with E-state index in [1.807, 2.05) is 4.90 Å². The number of carbonyl (C=O) groups excluding carboxylic acids is 1. The zero-order valence-electron chi connectivity index (χ0n) is 14.8. The number of nitrogens with zero attached hydrogens (tertiary/aromatic N) is 3. The van der Waals surface area contributed by atoms with Gasteiger partial charge in [0.15, 0.2) is 0 Å². The van der Waals surface area contributed by atoms with E-state index in [-0.39, 0.29) is 5.91 Å². The van der Waals surface area contributed by atoms with Gasteiger partial charge in [-0.15, -0.1) is 0 Å². The molecule has 1 aromatic heterocycles. The van der Waals surface area contributed by atoms with Gasteiger partial charge in [0, 0.05) is 32.2 Å². The number of amides is 1. The Balaban J connectivity index is 1.58. The van der Waals surface area contributed by atoms with E-state index >= 15 is 0 Å². The molecule has 26 heavy (non-hydrogen) atoms. The number of anilines is 1. The van der Waals surface area contributed by atoms with Gasteiger partial charge >= 0.3 is 0 Å². The Morgan fingerprint density at radius 1 is 1.19 bits per heavy atom. The third kappa shape index (κ3) is 3.95. The van der Waals surface area contributed by atoms with Gasteiger partial charge in [0.2, 0.25) is 21.8 Å². The Morgan fingerprint density at radius 3 is 2.42 bits per heavy atom. The van der Waals surface area contributed by atoms with Crippen molar-refractivity contribution in [3.05, 3.63) is 42.1 Å². The molecule has 0 spiro atoms. The van der Waals surface area contributed by atoms with E-state index in [0.29, 0.717) is 42.7 Å². The van der Waals surface area contributed by atoms with E-state index in [1.165, 1.54) is 4.31 Å². The van der Waals surface area contributed by atoms with E-state index in [9.17, 15) is 13.2 Å². The molecule has 1 aromatic carbocycles. The van der Waals surface area contributed by atoms with Crippen molar-refractivity contribution in [3.63, 3.8) is 0 Å². The quantitative estimate of drug-likeness (QED) is 0.843. The van der Waals surface area contributed by atoms with Crippen LogP contribution in [0.5, 0.6) is 0 Å². The number of hydrogen-bond acceptors (Lipinski definition) is 6. The molecule has 9 heteroatoms. The first kappa shape index (κ1) is 18.6. The van der Waals surface area contributed by atoms with Gasteiger partial charge in [0.05, 0.1) is 16.6 Å². The fraction of sp³-hybridized carbons (Fsp3) is 0.412. The van der Waals surface area contributed by atoms with E-state index in [0.717, 1.165) is 0 Å². The summed E-state index contributed by atoms with van der Waals surface area (Å²) in [4.78, 5) is 14.6. The highest BCUT2D eigenvalue weighted by molar-refractivity contribution is 7.89. The minimum atomic E-state index is -3.49. The second-order valence-corrected chi connectivity index (χ2v) is 8.19. The second kappa shape index (κ2) is 7.56. The topological polar surface area (TPSA) is 95.8 Å². The summed E-state index contributed by atoms with van der Waals surface area (Å²) in [6, 6.07) is 9.64. The Labute approximate surface area is 152 Å². The number of sulfonamides is 1. The van der Waals surface area contributed by atoms with Crippen LogP contribution in [0.1, 0.15) is 12.6 Å². The first-order valence-electron chi connectivity index (χ1n) is 8.41. The molecule has 2 aromatic rings. The standard InChI is InChI=1S/C17H22N4O4S/c1-13-12-16(25-19-13)18-17(22)14(2)20-8-10-21(11-9-20)26(23,24)15-6-4-3-5-7-15/h3-7,12,14H,8-11H2,1-2H3,(H,18,22). The van der Waals surface area contributed by atoms with Crippen LogP contribution in [0.2, 0.25) is 0 Å². The molecule has 1 saturated heterocycles. The van der Waals surface area contributed by atoms with Crippen LogP contribution < -0.4 is 5.32 Å². The predicted molar refractivity (Wildman–Crippen MR) is 96.1 cm³/mol. The Morgan fingerprint density at radius 2 is 1.85 bits per heavy atom. The van der Waals surface area contributed by atoms with Crippen molar-refractivity contribution in [1.29, 1.82) is 0 Å². The summed E-state index contributed by atoms with van der Waals surface area (Å²) in [6.45, 7) is 5.22. The van der Waals surface area contributed by atoms with E-state index < -0.39 is 16.1 Å². The van der Waals surface area contributed by atoms with E-state index in [4.69, 9.17) is 4.52 Å². The van der Waals surface area contributed by atoms with Crippen molar-refractivity contribution in [2.24, 2.45) is 0 Å². The lowest BCUT2D eigenvalue weighted by atomic mass is 10.2. The van der Waals surface area contributed by atoms with Crippen molar-refractivity contribution >= 4 is 21.8 Å². The van der Waals surface area contributed by atoms with Gasteiger partial charge in [0.25, 0.3) is 0 Å². The molecule has 1 aliphatic heterocycles. The van der Waals surface area contributed by atoms with Gasteiger partial charge in [-0.3, -0.25) is 15.0 Å². The number of hydrogen-bond donors (Lipinski definition) is 1. The average molecular weight is 378 g/mol.